The lowest BCUT2D eigenvalue weighted by atomic mass is 10.1. The molecule has 9 heteroatoms. The topological polar surface area (TPSA) is 92.7 Å². The fourth-order valence-corrected chi connectivity index (χ4v) is 5.64. The maximum Gasteiger partial charge on any atom is 0.330 e. The van der Waals surface area contributed by atoms with Crippen molar-refractivity contribution >= 4 is 17.7 Å². The smallest absolute Gasteiger partial charge is 0.330 e. The highest BCUT2D eigenvalue weighted by atomic mass is 32.2. The van der Waals surface area contributed by atoms with Crippen LogP contribution in [0, 0.1) is 0 Å². The van der Waals surface area contributed by atoms with E-state index in [1.54, 1.807) is 0 Å². The lowest BCUT2D eigenvalue weighted by Gasteiger charge is -2.30. The van der Waals surface area contributed by atoms with Crippen LogP contribution in [-0.4, -0.2) is 69.8 Å². The molecule has 0 aromatic carbocycles. The number of quaternary nitrogens is 1. The zero-order chi connectivity index (χ0) is 22.2. The molecule has 29 heavy (non-hydrogen) atoms. The predicted octanol–water partition coefficient (Wildman–Crippen LogP) is 4.78. The molecule has 0 N–H and O–H groups in total. The van der Waals surface area contributed by atoms with E-state index in [9.17, 15) is 17.5 Å². The summed E-state index contributed by atoms with van der Waals surface area (Å²) in [5.41, 5.74) is 0. The highest BCUT2D eigenvalue weighted by Gasteiger charge is 2.22. The van der Waals surface area contributed by atoms with Gasteiger partial charge in [0.1, 0.15) is 0 Å². The van der Waals surface area contributed by atoms with Crippen LogP contribution in [0.2, 0.25) is 0 Å². The summed E-state index contributed by atoms with van der Waals surface area (Å²) in [5, 5.41) is 0. The Morgan fingerprint density at radius 1 is 0.759 bits per heavy atom. The molecule has 0 aromatic rings. The van der Waals surface area contributed by atoms with E-state index in [4.69, 9.17) is 9.05 Å². The monoisotopic (exact) mass is 457 g/mol. The van der Waals surface area contributed by atoms with Gasteiger partial charge in [-0.05, 0) is 33.1 Å². The van der Waals surface area contributed by atoms with Crippen LogP contribution in [0.4, 0.5) is 0 Å². The normalized spacial score (nSPS) is 13.1. The van der Waals surface area contributed by atoms with E-state index in [1.165, 1.54) is 32.1 Å². The SMILES string of the molecule is CCOP(=O)(CCCCCCCCCCC[N+](C)(C)CCCS(=O)(=O)[O-])OCC. The lowest BCUT2D eigenvalue weighted by molar-refractivity contribution is -0.890. The Bertz CT molecular complexity index is 543. The van der Waals surface area contributed by atoms with Gasteiger partial charge in [0.2, 0.25) is 0 Å². The van der Waals surface area contributed by atoms with Crippen LogP contribution in [-0.2, 0) is 23.7 Å². The van der Waals surface area contributed by atoms with Crippen LogP contribution in [0.1, 0.15) is 78.1 Å². The van der Waals surface area contributed by atoms with E-state index in [0.29, 0.717) is 25.8 Å². The van der Waals surface area contributed by atoms with Crippen LogP contribution >= 0.6 is 7.60 Å². The Morgan fingerprint density at radius 2 is 1.17 bits per heavy atom. The second-order valence-electron chi connectivity index (χ2n) is 8.35. The quantitative estimate of drug-likeness (QED) is 0.113. The molecule has 0 aliphatic heterocycles. The van der Waals surface area contributed by atoms with E-state index in [0.717, 1.165) is 43.3 Å². The van der Waals surface area contributed by atoms with E-state index < -0.39 is 17.7 Å². The maximum atomic E-state index is 12.3. The molecule has 0 heterocycles. The van der Waals surface area contributed by atoms with Gasteiger partial charge in [0.15, 0.2) is 0 Å². The third-order valence-corrected chi connectivity index (χ3v) is 7.96. The first kappa shape index (κ1) is 29.0. The Hall–Kier alpha value is 0.0200. The summed E-state index contributed by atoms with van der Waals surface area (Å²) in [6.07, 6.45) is 11.3. The van der Waals surface area contributed by atoms with Crippen molar-refractivity contribution in [2.24, 2.45) is 0 Å². The molecule has 0 amide bonds. The third-order valence-electron chi connectivity index (χ3n) is 5.00. The molecule has 0 rings (SSSR count). The van der Waals surface area contributed by atoms with Crippen molar-refractivity contribution in [3.8, 4) is 0 Å². The largest absolute Gasteiger partial charge is 0.748 e. The Morgan fingerprint density at radius 3 is 1.62 bits per heavy atom. The molecular formula is C20H44NO6PS. The van der Waals surface area contributed by atoms with Crippen LogP contribution < -0.4 is 0 Å². The molecule has 0 unspecified atom stereocenters. The predicted molar refractivity (Wildman–Crippen MR) is 118 cm³/mol. The zero-order valence-electron chi connectivity index (χ0n) is 19.1. The van der Waals surface area contributed by atoms with E-state index in [2.05, 4.69) is 14.1 Å². The van der Waals surface area contributed by atoms with E-state index in [1.807, 2.05) is 13.8 Å². The third kappa shape index (κ3) is 18.5. The molecule has 0 aliphatic rings. The average Bonchev–Trinajstić information content (AvgIpc) is 2.58. The fourth-order valence-electron chi connectivity index (χ4n) is 3.42. The van der Waals surface area contributed by atoms with Crippen LogP contribution in [0.3, 0.4) is 0 Å². The van der Waals surface area contributed by atoms with Gasteiger partial charge in [0.25, 0.3) is 0 Å². The molecule has 0 bridgehead atoms. The van der Waals surface area contributed by atoms with Gasteiger partial charge < -0.3 is 18.1 Å². The number of hydrogen-bond acceptors (Lipinski definition) is 6. The maximum absolute atomic E-state index is 12.3. The highest BCUT2D eigenvalue weighted by Crippen LogP contribution is 2.48. The Balaban J connectivity index is 3.60. The molecule has 0 saturated heterocycles. The first-order chi connectivity index (χ1) is 13.5. The van der Waals surface area contributed by atoms with Gasteiger partial charge in [-0.2, -0.15) is 0 Å². The van der Waals surface area contributed by atoms with Gasteiger partial charge in [-0.25, -0.2) is 8.42 Å². The summed E-state index contributed by atoms with van der Waals surface area (Å²) in [6, 6.07) is 0. The summed E-state index contributed by atoms with van der Waals surface area (Å²) in [7, 11) is -2.78. The molecule has 0 radical (unpaired) electrons. The number of rotatable bonds is 20. The fraction of sp³-hybridized carbons (Fsp3) is 1.00. The number of hydrogen-bond donors (Lipinski definition) is 0. The number of nitrogens with zero attached hydrogens (tertiary/aromatic N) is 1. The van der Waals surface area contributed by atoms with Crippen molar-refractivity contribution in [1.82, 2.24) is 0 Å². The molecule has 0 spiro atoms. The summed E-state index contributed by atoms with van der Waals surface area (Å²) in [4.78, 5) is 0. The van der Waals surface area contributed by atoms with Crippen molar-refractivity contribution in [3.63, 3.8) is 0 Å². The average molecular weight is 458 g/mol. The minimum atomic E-state index is -4.09. The molecule has 7 nitrogen and oxygen atoms in total. The van der Waals surface area contributed by atoms with Crippen molar-refractivity contribution in [1.29, 1.82) is 0 Å². The highest BCUT2D eigenvalue weighted by molar-refractivity contribution is 7.85. The minimum Gasteiger partial charge on any atom is -0.748 e. The van der Waals surface area contributed by atoms with Gasteiger partial charge >= 0.3 is 7.60 Å². The second kappa shape index (κ2) is 15.8. The van der Waals surface area contributed by atoms with Crippen molar-refractivity contribution < 1.29 is 31.1 Å². The summed E-state index contributed by atoms with van der Waals surface area (Å²) in [5.74, 6) is -0.260. The number of unbranched alkanes of at least 4 members (excludes halogenated alkanes) is 8. The molecule has 0 saturated carbocycles. The van der Waals surface area contributed by atoms with E-state index >= 15 is 0 Å². The van der Waals surface area contributed by atoms with Crippen molar-refractivity contribution in [2.75, 3.05) is 52.3 Å². The van der Waals surface area contributed by atoms with Crippen LogP contribution in [0.5, 0.6) is 0 Å². The standard InChI is InChI=1S/C20H44NO6PS/c1-5-26-28(22,27-6-2)19-15-13-11-9-7-8-10-12-14-17-21(3,4)18-16-20-29(23,24)25/h5-20H2,1-4H3. The molecule has 0 atom stereocenters. The van der Waals surface area contributed by atoms with Crippen LogP contribution in [0.15, 0.2) is 0 Å². The molecule has 0 fully saturated rings. The van der Waals surface area contributed by atoms with Gasteiger partial charge in [-0.15, -0.1) is 0 Å². The Kier molecular flexibility index (Phi) is 15.8. The summed E-state index contributed by atoms with van der Waals surface area (Å²) < 4.78 is 55.7. The van der Waals surface area contributed by atoms with Crippen molar-refractivity contribution in [2.45, 2.75) is 78.1 Å². The molecular weight excluding hydrogens is 413 g/mol. The minimum absolute atomic E-state index is 0.260. The van der Waals surface area contributed by atoms with Gasteiger partial charge in [0.05, 0.1) is 56.7 Å². The van der Waals surface area contributed by atoms with Crippen molar-refractivity contribution in [3.05, 3.63) is 0 Å². The molecule has 0 aliphatic carbocycles. The van der Waals surface area contributed by atoms with Gasteiger partial charge in [0, 0.05) is 12.2 Å². The zero-order valence-corrected chi connectivity index (χ0v) is 20.8. The first-order valence-corrected chi connectivity index (χ1v) is 14.5. The molecule has 176 valence electrons. The van der Waals surface area contributed by atoms with Gasteiger partial charge in [-0.1, -0.05) is 38.5 Å². The second-order valence-corrected chi connectivity index (χ2v) is 12.1. The van der Waals surface area contributed by atoms with Gasteiger partial charge in [-0.3, -0.25) is 4.57 Å². The lowest BCUT2D eigenvalue weighted by Crippen LogP contribution is -2.41. The summed E-state index contributed by atoms with van der Waals surface area (Å²) >= 11 is 0. The Labute approximate surface area is 179 Å². The summed E-state index contributed by atoms with van der Waals surface area (Å²) in [6.45, 7) is 6.27. The molecule has 0 aromatic heterocycles. The van der Waals surface area contributed by atoms with E-state index in [-0.39, 0.29) is 5.75 Å². The van der Waals surface area contributed by atoms with Crippen LogP contribution in [0.25, 0.3) is 0 Å². The first-order valence-electron chi connectivity index (χ1n) is 11.2.